The van der Waals surface area contributed by atoms with E-state index in [-0.39, 0.29) is 6.04 Å². The zero-order chi connectivity index (χ0) is 22.9. The van der Waals surface area contributed by atoms with Crippen LogP contribution >= 0.6 is 0 Å². The van der Waals surface area contributed by atoms with Gasteiger partial charge in [0.05, 0.1) is 4.90 Å². The third-order valence-electron chi connectivity index (χ3n) is 5.89. The average Bonchev–Trinajstić information content (AvgIpc) is 3.11. The fraction of sp³-hybridized carbons (Fsp3) is 0.269. The van der Waals surface area contributed by atoms with Gasteiger partial charge in [-0.1, -0.05) is 42.8 Å². The lowest BCUT2D eigenvalue weighted by Gasteiger charge is -2.20. The number of fused-ring (bicyclic) bond motifs is 1. The first-order chi connectivity index (χ1) is 15.3. The maximum atomic E-state index is 13.3. The van der Waals surface area contributed by atoms with Crippen LogP contribution < -0.4 is 4.72 Å². The summed E-state index contributed by atoms with van der Waals surface area (Å²) in [5.41, 5.74) is 5.90. The van der Waals surface area contributed by atoms with E-state index < -0.39 is 10.0 Å². The van der Waals surface area contributed by atoms with E-state index >= 15 is 0 Å². The fourth-order valence-electron chi connectivity index (χ4n) is 4.52. The Hall–Kier alpha value is -2.96. The van der Waals surface area contributed by atoms with E-state index in [2.05, 4.69) is 32.6 Å². The van der Waals surface area contributed by atoms with Crippen LogP contribution in [0, 0.1) is 20.8 Å². The standard InChI is InChI=1S/C26H29N3O2S/c1-5-22(28-32(30,31)26-19(3)14-18(2)15-20(26)4)16-29-17-24(21-10-12-27-13-11-21)23-8-6-7-9-25(23)29/h6-15,17,22,28H,5,16H2,1-4H3. The van der Waals surface area contributed by atoms with Crippen LogP contribution in [0.2, 0.25) is 0 Å². The van der Waals surface area contributed by atoms with Crippen molar-refractivity contribution in [3.05, 3.63) is 83.8 Å². The van der Waals surface area contributed by atoms with Crippen LogP contribution in [0.1, 0.15) is 30.0 Å². The topological polar surface area (TPSA) is 64.0 Å². The first-order valence-corrected chi connectivity index (χ1v) is 12.4. The Morgan fingerprint density at radius 2 is 1.66 bits per heavy atom. The highest BCUT2D eigenvalue weighted by molar-refractivity contribution is 7.89. The molecule has 0 amide bonds. The van der Waals surface area contributed by atoms with Crippen molar-refractivity contribution in [2.24, 2.45) is 0 Å². The third kappa shape index (κ3) is 4.33. The number of aromatic nitrogens is 2. The summed E-state index contributed by atoms with van der Waals surface area (Å²) in [6.07, 6.45) is 6.37. The van der Waals surface area contributed by atoms with Crippen molar-refractivity contribution in [2.75, 3.05) is 0 Å². The molecule has 0 bridgehead atoms. The van der Waals surface area contributed by atoms with Crippen LogP contribution in [-0.4, -0.2) is 24.0 Å². The van der Waals surface area contributed by atoms with Crippen LogP contribution in [0.3, 0.4) is 0 Å². The number of nitrogens with zero attached hydrogens (tertiary/aromatic N) is 2. The van der Waals surface area contributed by atoms with Crippen LogP contribution in [0.15, 0.2) is 72.0 Å². The van der Waals surface area contributed by atoms with Crippen molar-refractivity contribution in [1.82, 2.24) is 14.3 Å². The summed E-state index contributed by atoms with van der Waals surface area (Å²) in [4.78, 5) is 4.51. The smallest absolute Gasteiger partial charge is 0.241 e. The molecule has 1 N–H and O–H groups in total. The SMILES string of the molecule is CCC(Cn1cc(-c2ccncc2)c2ccccc21)NS(=O)(=O)c1c(C)cc(C)cc1C. The highest BCUT2D eigenvalue weighted by Crippen LogP contribution is 2.31. The number of hydrogen-bond donors (Lipinski definition) is 1. The van der Waals surface area contributed by atoms with E-state index in [9.17, 15) is 8.42 Å². The van der Waals surface area contributed by atoms with E-state index in [1.54, 1.807) is 12.4 Å². The molecular weight excluding hydrogens is 418 g/mol. The van der Waals surface area contributed by atoms with Gasteiger partial charge >= 0.3 is 0 Å². The summed E-state index contributed by atoms with van der Waals surface area (Å²) in [5, 5.41) is 1.14. The van der Waals surface area contributed by atoms with Crippen molar-refractivity contribution in [1.29, 1.82) is 0 Å². The van der Waals surface area contributed by atoms with Crippen molar-refractivity contribution >= 4 is 20.9 Å². The Balaban J connectivity index is 1.68. The molecule has 0 radical (unpaired) electrons. The molecule has 0 fully saturated rings. The van der Waals surface area contributed by atoms with Crippen molar-refractivity contribution in [3.63, 3.8) is 0 Å². The van der Waals surface area contributed by atoms with E-state index in [1.807, 2.05) is 64.1 Å². The minimum atomic E-state index is -3.64. The molecule has 1 atom stereocenters. The Morgan fingerprint density at radius 3 is 2.31 bits per heavy atom. The van der Waals surface area contributed by atoms with E-state index in [0.29, 0.717) is 17.9 Å². The number of hydrogen-bond acceptors (Lipinski definition) is 3. The van der Waals surface area contributed by atoms with E-state index in [0.717, 1.165) is 38.7 Å². The molecule has 2 aromatic heterocycles. The minimum Gasteiger partial charge on any atom is -0.345 e. The molecule has 0 aliphatic rings. The number of nitrogens with one attached hydrogen (secondary N) is 1. The summed E-state index contributed by atoms with van der Waals surface area (Å²) >= 11 is 0. The van der Waals surface area contributed by atoms with Crippen molar-refractivity contribution in [2.45, 2.75) is 51.6 Å². The number of aryl methyl sites for hydroxylation is 3. The molecule has 6 heteroatoms. The van der Waals surface area contributed by atoms with Gasteiger partial charge in [-0.05, 0) is 62.1 Å². The second-order valence-corrected chi connectivity index (χ2v) is 10.1. The molecule has 2 aromatic carbocycles. The summed E-state index contributed by atoms with van der Waals surface area (Å²) in [7, 11) is -3.64. The van der Waals surface area contributed by atoms with E-state index in [1.165, 1.54) is 0 Å². The summed E-state index contributed by atoms with van der Waals surface area (Å²) < 4.78 is 31.7. The number of pyridine rings is 1. The van der Waals surface area contributed by atoms with Gasteiger partial charge in [0.25, 0.3) is 0 Å². The molecule has 5 nitrogen and oxygen atoms in total. The van der Waals surface area contributed by atoms with Crippen LogP contribution in [0.4, 0.5) is 0 Å². The largest absolute Gasteiger partial charge is 0.345 e. The average molecular weight is 448 g/mol. The lowest BCUT2D eigenvalue weighted by molar-refractivity contribution is 0.491. The molecule has 0 aliphatic heterocycles. The highest BCUT2D eigenvalue weighted by Gasteiger charge is 2.24. The van der Waals surface area contributed by atoms with Gasteiger partial charge in [-0.15, -0.1) is 0 Å². The lowest BCUT2D eigenvalue weighted by atomic mass is 10.1. The zero-order valence-electron chi connectivity index (χ0n) is 19.0. The van der Waals surface area contributed by atoms with Gasteiger partial charge in [-0.2, -0.15) is 0 Å². The highest BCUT2D eigenvalue weighted by atomic mass is 32.2. The predicted molar refractivity (Wildman–Crippen MR) is 130 cm³/mol. The number of para-hydroxylation sites is 1. The minimum absolute atomic E-state index is 0.235. The first-order valence-electron chi connectivity index (χ1n) is 10.9. The Labute approximate surface area is 190 Å². The summed E-state index contributed by atoms with van der Waals surface area (Å²) in [6.45, 7) is 8.25. The fourth-order valence-corrected chi connectivity index (χ4v) is 6.28. The molecular formula is C26H29N3O2S. The molecule has 0 spiro atoms. The molecule has 2 heterocycles. The zero-order valence-corrected chi connectivity index (χ0v) is 19.8. The molecule has 0 saturated heterocycles. The van der Waals surface area contributed by atoms with Gasteiger partial charge in [0.2, 0.25) is 10.0 Å². The molecule has 0 aliphatic carbocycles. The third-order valence-corrected chi connectivity index (χ3v) is 7.71. The molecule has 166 valence electrons. The number of sulfonamides is 1. The predicted octanol–water partition coefficient (Wildman–Crippen LogP) is 5.39. The van der Waals surface area contributed by atoms with Gasteiger partial charge in [0, 0.05) is 47.6 Å². The summed E-state index contributed by atoms with van der Waals surface area (Å²) in [5.74, 6) is 0. The second-order valence-electron chi connectivity index (χ2n) is 8.40. The van der Waals surface area contributed by atoms with Crippen molar-refractivity contribution in [3.8, 4) is 11.1 Å². The maximum Gasteiger partial charge on any atom is 0.241 e. The van der Waals surface area contributed by atoms with Crippen LogP contribution in [0.25, 0.3) is 22.0 Å². The molecule has 4 aromatic rings. The normalized spacial score (nSPS) is 12.9. The molecule has 1 unspecified atom stereocenters. The van der Waals surface area contributed by atoms with Gasteiger partial charge in [-0.3, -0.25) is 4.98 Å². The molecule has 0 saturated carbocycles. The second kappa shape index (κ2) is 8.88. The monoisotopic (exact) mass is 447 g/mol. The van der Waals surface area contributed by atoms with Gasteiger partial charge in [-0.25, -0.2) is 13.1 Å². The first kappa shape index (κ1) is 22.2. The lowest BCUT2D eigenvalue weighted by Crippen LogP contribution is -2.38. The van der Waals surface area contributed by atoms with Crippen LogP contribution in [-0.2, 0) is 16.6 Å². The van der Waals surface area contributed by atoms with Gasteiger partial charge in [0.1, 0.15) is 0 Å². The van der Waals surface area contributed by atoms with E-state index in [4.69, 9.17) is 0 Å². The van der Waals surface area contributed by atoms with Gasteiger partial charge < -0.3 is 4.57 Å². The number of benzene rings is 2. The van der Waals surface area contributed by atoms with Crippen LogP contribution in [0.5, 0.6) is 0 Å². The Kier molecular flexibility index (Phi) is 6.17. The Morgan fingerprint density at radius 1 is 1.00 bits per heavy atom. The number of rotatable bonds is 7. The maximum absolute atomic E-state index is 13.3. The molecule has 4 rings (SSSR count). The quantitative estimate of drug-likeness (QED) is 0.413. The summed E-state index contributed by atoms with van der Waals surface area (Å²) in [6, 6.07) is 15.8. The van der Waals surface area contributed by atoms with Gasteiger partial charge in [0.15, 0.2) is 0 Å². The Bertz CT molecular complexity index is 1340. The van der Waals surface area contributed by atoms with Crippen molar-refractivity contribution < 1.29 is 8.42 Å². The molecule has 32 heavy (non-hydrogen) atoms.